The van der Waals surface area contributed by atoms with Crippen LogP contribution in [0.3, 0.4) is 0 Å². The van der Waals surface area contributed by atoms with Gasteiger partial charge in [-0.25, -0.2) is 0 Å². The summed E-state index contributed by atoms with van der Waals surface area (Å²) < 4.78 is 11.5. The van der Waals surface area contributed by atoms with Gasteiger partial charge in [-0.3, -0.25) is 4.79 Å². The van der Waals surface area contributed by atoms with Crippen LogP contribution in [0.1, 0.15) is 49.8 Å². The third kappa shape index (κ3) is 3.95. The normalized spacial score (nSPS) is 18.5. The summed E-state index contributed by atoms with van der Waals surface area (Å²) in [4.78, 5) is 15.2. The maximum Gasteiger partial charge on any atom is 0.261 e. The molecule has 1 saturated carbocycles. The highest BCUT2D eigenvalue weighted by Crippen LogP contribution is 2.41. The van der Waals surface area contributed by atoms with Crippen LogP contribution in [0, 0.1) is 0 Å². The minimum Gasteiger partial charge on any atom is -0.490 e. The number of ether oxygens (including phenoxy) is 2. The van der Waals surface area contributed by atoms with E-state index in [1.165, 1.54) is 11.1 Å². The number of aryl methyl sites for hydroxylation is 1. The molecule has 2 aliphatic carbocycles. The van der Waals surface area contributed by atoms with E-state index in [0.717, 1.165) is 32.1 Å². The van der Waals surface area contributed by atoms with Crippen molar-refractivity contribution in [3.63, 3.8) is 0 Å². The Morgan fingerprint density at radius 2 is 1.70 bits per heavy atom. The number of para-hydroxylation sites is 2. The second-order valence-corrected chi connectivity index (χ2v) is 7.31. The van der Waals surface area contributed by atoms with Crippen LogP contribution in [0.15, 0.2) is 48.5 Å². The Kier molecular flexibility index (Phi) is 5.33. The fourth-order valence-corrected chi connectivity index (χ4v) is 4.06. The van der Waals surface area contributed by atoms with Crippen molar-refractivity contribution in [1.82, 2.24) is 4.90 Å². The van der Waals surface area contributed by atoms with E-state index >= 15 is 0 Å². The summed E-state index contributed by atoms with van der Waals surface area (Å²) in [6.07, 6.45) is 5.47. The number of rotatable bonds is 7. The second kappa shape index (κ2) is 8.03. The number of fused-ring (bicyclic) bond motifs is 1. The molecule has 4 nitrogen and oxygen atoms in total. The number of carbonyl (C=O) groups is 1. The molecule has 27 heavy (non-hydrogen) atoms. The van der Waals surface area contributed by atoms with Crippen LogP contribution in [0.25, 0.3) is 0 Å². The van der Waals surface area contributed by atoms with Crippen LogP contribution >= 0.6 is 0 Å². The average molecular weight is 365 g/mol. The Labute approximate surface area is 161 Å². The van der Waals surface area contributed by atoms with Gasteiger partial charge in [-0.05, 0) is 62.3 Å². The summed E-state index contributed by atoms with van der Waals surface area (Å²) in [5, 5.41) is 0. The quantitative estimate of drug-likeness (QED) is 0.723. The lowest BCUT2D eigenvalue weighted by atomic mass is 9.86. The first-order valence-electron chi connectivity index (χ1n) is 10.0. The van der Waals surface area contributed by atoms with Gasteiger partial charge in [-0.15, -0.1) is 0 Å². The van der Waals surface area contributed by atoms with E-state index < -0.39 is 0 Å². The van der Waals surface area contributed by atoms with Crippen LogP contribution in [-0.4, -0.2) is 30.1 Å². The van der Waals surface area contributed by atoms with Crippen LogP contribution in [0.5, 0.6) is 11.5 Å². The van der Waals surface area contributed by atoms with Gasteiger partial charge >= 0.3 is 0 Å². The molecule has 1 amide bonds. The van der Waals surface area contributed by atoms with E-state index in [1.807, 2.05) is 31.2 Å². The molecule has 0 bridgehead atoms. The average Bonchev–Trinajstić information content (AvgIpc) is 3.53. The SMILES string of the molecule is CCOc1ccccc1OCC(=O)N(C1CC1)C1CCCc2ccccc21. The number of benzene rings is 2. The Morgan fingerprint density at radius 3 is 2.44 bits per heavy atom. The van der Waals surface area contributed by atoms with Gasteiger partial charge in [0.15, 0.2) is 18.1 Å². The Balaban J connectivity index is 1.50. The van der Waals surface area contributed by atoms with Crippen molar-refractivity contribution in [3.8, 4) is 11.5 Å². The number of carbonyl (C=O) groups excluding carboxylic acids is 1. The molecule has 0 spiro atoms. The maximum atomic E-state index is 13.1. The van der Waals surface area contributed by atoms with E-state index in [2.05, 4.69) is 29.2 Å². The van der Waals surface area contributed by atoms with E-state index in [0.29, 0.717) is 24.1 Å². The van der Waals surface area contributed by atoms with E-state index in [4.69, 9.17) is 9.47 Å². The first-order chi connectivity index (χ1) is 13.3. The first-order valence-corrected chi connectivity index (χ1v) is 10.0. The minimum atomic E-state index is 0.0548. The fourth-order valence-electron chi connectivity index (χ4n) is 4.06. The summed E-state index contributed by atoms with van der Waals surface area (Å²) in [5.41, 5.74) is 2.70. The van der Waals surface area contributed by atoms with Crippen molar-refractivity contribution in [2.24, 2.45) is 0 Å². The molecule has 4 heteroatoms. The van der Waals surface area contributed by atoms with Crippen molar-refractivity contribution < 1.29 is 14.3 Å². The van der Waals surface area contributed by atoms with Crippen molar-refractivity contribution in [3.05, 3.63) is 59.7 Å². The zero-order valence-corrected chi connectivity index (χ0v) is 15.9. The standard InChI is InChI=1S/C23H27NO3/c1-2-26-21-12-5-6-13-22(21)27-16-23(25)24(18-14-15-18)20-11-7-9-17-8-3-4-10-19(17)20/h3-6,8,10,12-13,18,20H,2,7,9,11,14-16H2,1H3. The molecule has 0 saturated heterocycles. The molecule has 1 unspecified atom stereocenters. The molecule has 0 N–H and O–H groups in total. The highest BCUT2D eigenvalue weighted by Gasteiger charge is 2.39. The summed E-state index contributed by atoms with van der Waals surface area (Å²) in [5.74, 6) is 1.40. The zero-order chi connectivity index (χ0) is 18.6. The lowest BCUT2D eigenvalue weighted by Crippen LogP contribution is -2.41. The fraction of sp³-hybridized carbons (Fsp3) is 0.435. The van der Waals surface area contributed by atoms with Crippen molar-refractivity contribution >= 4 is 5.91 Å². The molecule has 1 fully saturated rings. The Hall–Kier alpha value is -2.49. The van der Waals surface area contributed by atoms with Crippen LogP contribution in [-0.2, 0) is 11.2 Å². The third-order valence-corrected chi connectivity index (χ3v) is 5.40. The van der Waals surface area contributed by atoms with Gasteiger partial charge in [-0.1, -0.05) is 36.4 Å². The van der Waals surface area contributed by atoms with E-state index in [-0.39, 0.29) is 18.6 Å². The van der Waals surface area contributed by atoms with Crippen molar-refractivity contribution in [1.29, 1.82) is 0 Å². The van der Waals surface area contributed by atoms with Crippen LogP contribution < -0.4 is 9.47 Å². The number of hydrogen-bond acceptors (Lipinski definition) is 3. The minimum absolute atomic E-state index is 0.0548. The van der Waals surface area contributed by atoms with Crippen molar-refractivity contribution in [2.75, 3.05) is 13.2 Å². The lowest BCUT2D eigenvalue weighted by Gasteiger charge is -2.36. The largest absolute Gasteiger partial charge is 0.490 e. The number of nitrogens with zero attached hydrogens (tertiary/aromatic N) is 1. The molecule has 1 atom stereocenters. The molecule has 0 aromatic heterocycles. The smallest absolute Gasteiger partial charge is 0.261 e. The topological polar surface area (TPSA) is 38.8 Å². The van der Waals surface area contributed by atoms with E-state index in [1.54, 1.807) is 0 Å². The maximum absolute atomic E-state index is 13.1. The summed E-state index contributed by atoms with van der Waals surface area (Å²) in [7, 11) is 0. The molecule has 2 aromatic carbocycles. The molecule has 2 aliphatic rings. The molecule has 0 aliphatic heterocycles. The monoisotopic (exact) mass is 365 g/mol. The summed E-state index contributed by atoms with van der Waals surface area (Å²) >= 11 is 0. The van der Waals surface area contributed by atoms with Gasteiger partial charge in [0.05, 0.1) is 12.6 Å². The zero-order valence-electron chi connectivity index (χ0n) is 15.9. The molecule has 4 rings (SSSR count). The van der Waals surface area contributed by atoms with Gasteiger partial charge in [0, 0.05) is 6.04 Å². The van der Waals surface area contributed by atoms with Gasteiger partial charge in [0.2, 0.25) is 0 Å². The molecular formula is C23H27NO3. The summed E-state index contributed by atoms with van der Waals surface area (Å²) in [6, 6.07) is 16.7. The lowest BCUT2D eigenvalue weighted by molar-refractivity contribution is -0.137. The third-order valence-electron chi connectivity index (χ3n) is 5.40. The van der Waals surface area contributed by atoms with Gasteiger partial charge in [0.25, 0.3) is 5.91 Å². The molecule has 0 heterocycles. The van der Waals surface area contributed by atoms with Crippen LogP contribution in [0.4, 0.5) is 0 Å². The van der Waals surface area contributed by atoms with E-state index in [9.17, 15) is 4.79 Å². The highest BCUT2D eigenvalue weighted by molar-refractivity contribution is 5.79. The summed E-state index contributed by atoms with van der Waals surface area (Å²) in [6.45, 7) is 2.57. The Bertz CT molecular complexity index is 800. The second-order valence-electron chi connectivity index (χ2n) is 7.31. The van der Waals surface area contributed by atoms with Crippen molar-refractivity contribution in [2.45, 2.75) is 51.1 Å². The molecular weight excluding hydrogens is 338 g/mol. The molecule has 142 valence electrons. The van der Waals surface area contributed by atoms with Crippen LogP contribution in [0.2, 0.25) is 0 Å². The first kappa shape index (κ1) is 17.9. The van der Waals surface area contributed by atoms with Gasteiger partial charge < -0.3 is 14.4 Å². The Morgan fingerprint density at radius 1 is 1.00 bits per heavy atom. The van der Waals surface area contributed by atoms with Gasteiger partial charge in [-0.2, -0.15) is 0 Å². The predicted octanol–water partition coefficient (Wildman–Crippen LogP) is 4.53. The molecule has 0 radical (unpaired) electrons. The van der Waals surface area contributed by atoms with Gasteiger partial charge in [0.1, 0.15) is 0 Å². The number of hydrogen-bond donors (Lipinski definition) is 0. The predicted molar refractivity (Wildman–Crippen MR) is 105 cm³/mol. The highest BCUT2D eigenvalue weighted by atomic mass is 16.5. The molecule has 2 aromatic rings. The number of amides is 1.